The molecule has 3 rings (SSSR count). The van der Waals surface area contributed by atoms with E-state index < -0.39 is 0 Å². The van der Waals surface area contributed by atoms with Crippen LogP contribution in [0, 0.1) is 0 Å². The maximum absolute atomic E-state index is 4.85. The monoisotopic (exact) mass is 222 g/mol. The van der Waals surface area contributed by atoms with Gasteiger partial charge in [-0.15, -0.1) is 11.3 Å². The van der Waals surface area contributed by atoms with Crippen LogP contribution in [-0.2, 0) is 12.8 Å². The van der Waals surface area contributed by atoms with Crippen LogP contribution in [0.2, 0.25) is 0 Å². The summed E-state index contributed by atoms with van der Waals surface area (Å²) in [5.41, 5.74) is 1.42. The molecule has 0 saturated carbocycles. The van der Waals surface area contributed by atoms with Crippen molar-refractivity contribution in [2.45, 2.75) is 44.4 Å². The van der Waals surface area contributed by atoms with Gasteiger partial charge in [-0.3, -0.25) is 0 Å². The van der Waals surface area contributed by atoms with Crippen molar-refractivity contribution in [3.05, 3.63) is 15.6 Å². The molecule has 0 amide bonds. The first-order chi connectivity index (χ1) is 7.43. The third kappa shape index (κ3) is 1.95. The summed E-state index contributed by atoms with van der Waals surface area (Å²) in [6.45, 7) is 2.34. The van der Waals surface area contributed by atoms with Crippen LogP contribution >= 0.6 is 11.3 Å². The summed E-state index contributed by atoms with van der Waals surface area (Å²) in [5, 5.41) is 4.89. The molecule has 0 bridgehead atoms. The SMILES string of the molecule is C1CCc2sc([C@@H]3CCCNC3)nc2C1. The molecule has 0 unspecified atom stereocenters. The minimum Gasteiger partial charge on any atom is -0.316 e. The van der Waals surface area contributed by atoms with Gasteiger partial charge in [0.1, 0.15) is 0 Å². The molecular formula is C12H18N2S. The molecule has 2 nitrogen and oxygen atoms in total. The fraction of sp³-hybridized carbons (Fsp3) is 0.750. The molecule has 0 spiro atoms. The number of nitrogens with one attached hydrogen (secondary N) is 1. The van der Waals surface area contributed by atoms with E-state index in [-0.39, 0.29) is 0 Å². The highest BCUT2D eigenvalue weighted by Crippen LogP contribution is 2.32. The van der Waals surface area contributed by atoms with Gasteiger partial charge < -0.3 is 5.32 Å². The maximum atomic E-state index is 4.85. The summed E-state index contributed by atoms with van der Waals surface area (Å²) in [5.74, 6) is 0.703. The number of nitrogens with zero attached hydrogens (tertiary/aromatic N) is 1. The van der Waals surface area contributed by atoms with Gasteiger partial charge in [0.25, 0.3) is 0 Å². The van der Waals surface area contributed by atoms with Crippen molar-refractivity contribution < 1.29 is 0 Å². The minimum atomic E-state index is 0.703. The van der Waals surface area contributed by atoms with Gasteiger partial charge in [0.15, 0.2) is 0 Å². The third-order valence-corrected chi connectivity index (χ3v) is 4.83. The fourth-order valence-corrected chi connectivity index (χ4v) is 3.90. The second kappa shape index (κ2) is 4.22. The van der Waals surface area contributed by atoms with E-state index in [0.717, 1.165) is 6.54 Å². The van der Waals surface area contributed by atoms with E-state index in [4.69, 9.17) is 4.98 Å². The smallest absolute Gasteiger partial charge is 0.0974 e. The lowest BCUT2D eigenvalue weighted by Crippen LogP contribution is -2.28. The number of aryl methyl sites for hydroxylation is 2. The van der Waals surface area contributed by atoms with Crippen molar-refractivity contribution in [2.75, 3.05) is 13.1 Å². The van der Waals surface area contributed by atoms with Gasteiger partial charge in [0.2, 0.25) is 0 Å². The zero-order valence-corrected chi connectivity index (χ0v) is 9.91. The summed E-state index contributed by atoms with van der Waals surface area (Å²) < 4.78 is 0. The Balaban J connectivity index is 1.82. The number of rotatable bonds is 1. The Morgan fingerprint density at radius 2 is 2.13 bits per heavy atom. The van der Waals surface area contributed by atoms with Crippen LogP contribution < -0.4 is 5.32 Å². The number of hydrogen-bond acceptors (Lipinski definition) is 3. The number of piperidine rings is 1. The molecule has 1 saturated heterocycles. The van der Waals surface area contributed by atoms with Crippen LogP contribution in [0.1, 0.15) is 47.2 Å². The first-order valence-electron chi connectivity index (χ1n) is 6.12. The Bertz CT molecular complexity index is 316. The standard InChI is InChI=1S/C12H18N2S/c1-2-6-11-10(5-1)14-12(15-11)9-4-3-7-13-8-9/h9,13H,1-8H2/t9-/m1/s1. The first-order valence-corrected chi connectivity index (χ1v) is 6.94. The van der Waals surface area contributed by atoms with Gasteiger partial charge in [-0.05, 0) is 45.1 Å². The van der Waals surface area contributed by atoms with Crippen LogP contribution in [0.4, 0.5) is 0 Å². The molecule has 1 atom stereocenters. The van der Waals surface area contributed by atoms with Gasteiger partial charge >= 0.3 is 0 Å². The summed E-state index contributed by atoms with van der Waals surface area (Å²) in [6, 6.07) is 0. The molecule has 1 fully saturated rings. The van der Waals surface area contributed by atoms with E-state index in [9.17, 15) is 0 Å². The largest absolute Gasteiger partial charge is 0.316 e. The van der Waals surface area contributed by atoms with E-state index in [1.165, 1.54) is 55.8 Å². The molecule has 2 aliphatic rings. The topological polar surface area (TPSA) is 24.9 Å². The van der Waals surface area contributed by atoms with E-state index in [1.54, 1.807) is 4.88 Å². The molecule has 1 aromatic rings. The number of thiazole rings is 1. The Labute approximate surface area is 95.1 Å². The fourth-order valence-electron chi connectivity index (χ4n) is 2.61. The van der Waals surface area contributed by atoms with Gasteiger partial charge in [-0.25, -0.2) is 4.98 Å². The quantitative estimate of drug-likeness (QED) is 0.789. The van der Waals surface area contributed by atoms with Crippen LogP contribution in [0.5, 0.6) is 0 Å². The van der Waals surface area contributed by atoms with Gasteiger partial charge in [-0.1, -0.05) is 0 Å². The Morgan fingerprint density at radius 3 is 2.93 bits per heavy atom. The second-order valence-electron chi connectivity index (χ2n) is 4.67. The molecule has 2 heterocycles. The lowest BCUT2D eigenvalue weighted by molar-refractivity contribution is 0.459. The molecule has 1 N–H and O–H groups in total. The number of aromatic nitrogens is 1. The number of fused-ring (bicyclic) bond motifs is 1. The van der Waals surface area contributed by atoms with E-state index in [1.807, 2.05) is 11.3 Å². The summed E-state index contributed by atoms with van der Waals surface area (Å²) in [7, 11) is 0. The normalized spacial score (nSPS) is 26.3. The molecule has 1 aromatic heterocycles. The molecule has 1 aliphatic carbocycles. The summed E-state index contributed by atoms with van der Waals surface area (Å²) >= 11 is 1.99. The summed E-state index contributed by atoms with van der Waals surface area (Å²) in [6.07, 6.45) is 7.88. The Hall–Kier alpha value is -0.410. The molecule has 82 valence electrons. The highest BCUT2D eigenvalue weighted by molar-refractivity contribution is 7.11. The average molecular weight is 222 g/mol. The average Bonchev–Trinajstić information content (AvgIpc) is 2.74. The highest BCUT2D eigenvalue weighted by Gasteiger charge is 2.22. The first kappa shape index (κ1) is 9.79. The van der Waals surface area contributed by atoms with Crippen LogP contribution in [0.15, 0.2) is 0 Å². The van der Waals surface area contributed by atoms with Gasteiger partial charge in [-0.2, -0.15) is 0 Å². The highest BCUT2D eigenvalue weighted by atomic mass is 32.1. The predicted octanol–water partition coefficient (Wildman–Crippen LogP) is 2.49. The second-order valence-corrected chi connectivity index (χ2v) is 5.79. The lowest BCUT2D eigenvalue weighted by atomic mass is 10.00. The van der Waals surface area contributed by atoms with Crippen molar-refractivity contribution in [1.29, 1.82) is 0 Å². The van der Waals surface area contributed by atoms with Crippen molar-refractivity contribution in [3.8, 4) is 0 Å². The minimum absolute atomic E-state index is 0.703. The van der Waals surface area contributed by atoms with Gasteiger partial charge in [0, 0.05) is 17.3 Å². The van der Waals surface area contributed by atoms with Gasteiger partial charge in [0.05, 0.1) is 10.7 Å². The van der Waals surface area contributed by atoms with Crippen molar-refractivity contribution in [1.82, 2.24) is 10.3 Å². The number of hydrogen-bond donors (Lipinski definition) is 1. The zero-order chi connectivity index (χ0) is 10.1. The Morgan fingerprint density at radius 1 is 1.20 bits per heavy atom. The molecule has 1 aliphatic heterocycles. The van der Waals surface area contributed by atoms with Crippen LogP contribution in [-0.4, -0.2) is 18.1 Å². The molecule has 3 heteroatoms. The molecule has 0 radical (unpaired) electrons. The maximum Gasteiger partial charge on any atom is 0.0974 e. The van der Waals surface area contributed by atoms with Crippen LogP contribution in [0.3, 0.4) is 0 Å². The molecular weight excluding hydrogens is 204 g/mol. The third-order valence-electron chi connectivity index (χ3n) is 3.51. The van der Waals surface area contributed by atoms with Crippen molar-refractivity contribution in [2.24, 2.45) is 0 Å². The zero-order valence-electron chi connectivity index (χ0n) is 9.09. The van der Waals surface area contributed by atoms with E-state index in [0.29, 0.717) is 5.92 Å². The summed E-state index contributed by atoms with van der Waals surface area (Å²) in [4.78, 5) is 6.44. The lowest BCUT2D eigenvalue weighted by Gasteiger charge is -2.20. The predicted molar refractivity (Wildman–Crippen MR) is 63.6 cm³/mol. The van der Waals surface area contributed by atoms with E-state index >= 15 is 0 Å². The molecule has 15 heavy (non-hydrogen) atoms. The van der Waals surface area contributed by atoms with Crippen LogP contribution in [0.25, 0.3) is 0 Å². The van der Waals surface area contributed by atoms with E-state index in [2.05, 4.69) is 5.32 Å². The molecule has 0 aromatic carbocycles. The Kier molecular flexibility index (Phi) is 2.76. The van der Waals surface area contributed by atoms with Crippen molar-refractivity contribution >= 4 is 11.3 Å². The van der Waals surface area contributed by atoms with Crippen molar-refractivity contribution in [3.63, 3.8) is 0 Å².